The minimum absolute atomic E-state index is 0.0774. The molecule has 0 saturated heterocycles. The zero-order chi connectivity index (χ0) is 13.9. The van der Waals surface area contributed by atoms with Crippen LogP contribution >= 0.6 is 0 Å². The molecule has 0 spiro atoms. The molecule has 0 radical (unpaired) electrons. The number of rotatable bonds is 7. The average molecular weight is 269 g/mol. The van der Waals surface area contributed by atoms with E-state index in [0.717, 1.165) is 32.3 Å². The van der Waals surface area contributed by atoms with Gasteiger partial charge in [0.15, 0.2) is 0 Å². The maximum atomic E-state index is 12.3. The maximum absolute atomic E-state index is 12.3. The third kappa shape index (κ3) is 3.48. The van der Waals surface area contributed by atoms with Crippen molar-refractivity contribution >= 4 is 5.97 Å². The molecule has 0 amide bonds. The lowest BCUT2D eigenvalue weighted by atomic mass is 9.84. The molecular formula is C15H27NO3. The number of carbonyl (C=O) groups excluding carboxylic acids is 1. The van der Waals surface area contributed by atoms with E-state index in [1.54, 1.807) is 0 Å². The molecule has 0 aromatic carbocycles. The highest BCUT2D eigenvalue weighted by Gasteiger charge is 2.51. The van der Waals surface area contributed by atoms with Crippen molar-refractivity contribution in [2.75, 3.05) is 13.7 Å². The van der Waals surface area contributed by atoms with E-state index in [-0.39, 0.29) is 12.1 Å². The molecule has 19 heavy (non-hydrogen) atoms. The molecule has 4 heteroatoms. The quantitative estimate of drug-likeness (QED) is 0.720. The molecule has 0 heterocycles. The standard InChI is InChI=1S/C15H27NO3/c1-11(2)19-10-8-12-5-4-9-15(12,14(17)18-3)16-13-6-7-13/h11-13,16H,4-10H2,1-3H3. The Bertz CT molecular complexity index is 315. The topological polar surface area (TPSA) is 47.6 Å². The van der Waals surface area contributed by atoms with Gasteiger partial charge in [0.1, 0.15) is 5.54 Å². The Morgan fingerprint density at radius 3 is 2.68 bits per heavy atom. The first kappa shape index (κ1) is 14.8. The van der Waals surface area contributed by atoms with Crippen molar-refractivity contribution in [3.05, 3.63) is 0 Å². The van der Waals surface area contributed by atoms with Crippen LogP contribution in [0.1, 0.15) is 52.4 Å². The molecule has 0 bridgehead atoms. The summed E-state index contributed by atoms with van der Waals surface area (Å²) in [7, 11) is 1.50. The zero-order valence-corrected chi connectivity index (χ0v) is 12.4. The molecule has 2 unspecified atom stereocenters. The highest BCUT2D eigenvalue weighted by atomic mass is 16.5. The molecule has 0 aromatic rings. The Balaban J connectivity index is 1.99. The van der Waals surface area contributed by atoms with Crippen LogP contribution in [0.3, 0.4) is 0 Å². The third-order valence-corrected chi connectivity index (χ3v) is 4.33. The predicted molar refractivity (Wildman–Crippen MR) is 74.0 cm³/mol. The lowest BCUT2D eigenvalue weighted by molar-refractivity contribution is -0.151. The smallest absolute Gasteiger partial charge is 0.326 e. The molecule has 0 aliphatic heterocycles. The van der Waals surface area contributed by atoms with Gasteiger partial charge in [-0.25, -0.2) is 0 Å². The average Bonchev–Trinajstić information content (AvgIpc) is 3.09. The normalized spacial score (nSPS) is 30.8. The minimum atomic E-state index is -0.448. The van der Waals surface area contributed by atoms with Gasteiger partial charge in [0.05, 0.1) is 13.2 Å². The first-order valence-electron chi connectivity index (χ1n) is 7.56. The molecule has 1 N–H and O–H groups in total. The molecule has 2 saturated carbocycles. The van der Waals surface area contributed by atoms with Crippen molar-refractivity contribution in [3.8, 4) is 0 Å². The predicted octanol–water partition coefficient (Wildman–Crippen LogP) is 2.27. The highest BCUT2D eigenvalue weighted by Crippen LogP contribution is 2.41. The second kappa shape index (κ2) is 6.23. The van der Waals surface area contributed by atoms with E-state index in [1.807, 2.05) is 13.8 Å². The molecule has 110 valence electrons. The Hall–Kier alpha value is -0.610. The number of methoxy groups -OCH3 is 1. The van der Waals surface area contributed by atoms with Crippen LogP contribution in [0.5, 0.6) is 0 Å². The van der Waals surface area contributed by atoms with E-state index in [9.17, 15) is 4.79 Å². The van der Waals surface area contributed by atoms with Gasteiger partial charge in [-0.2, -0.15) is 0 Å². The Kier molecular flexibility index (Phi) is 4.85. The van der Waals surface area contributed by atoms with E-state index in [2.05, 4.69) is 5.32 Å². The zero-order valence-electron chi connectivity index (χ0n) is 12.4. The summed E-state index contributed by atoms with van der Waals surface area (Å²) in [4.78, 5) is 12.3. The highest BCUT2D eigenvalue weighted by molar-refractivity contribution is 5.81. The van der Waals surface area contributed by atoms with Crippen molar-refractivity contribution in [1.29, 1.82) is 0 Å². The fourth-order valence-corrected chi connectivity index (χ4v) is 3.21. The van der Waals surface area contributed by atoms with Crippen LogP contribution in [-0.2, 0) is 14.3 Å². The number of hydrogen-bond donors (Lipinski definition) is 1. The summed E-state index contributed by atoms with van der Waals surface area (Å²) < 4.78 is 10.7. The summed E-state index contributed by atoms with van der Waals surface area (Å²) in [5, 5.41) is 3.58. The molecule has 2 aliphatic carbocycles. The van der Waals surface area contributed by atoms with Crippen LogP contribution in [-0.4, -0.2) is 37.4 Å². The van der Waals surface area contributed by atoms with Gasteiger partial charge in [0.25, 0.3) is 0 Å². The van der Waals surface area contributed by atoms with Crippen LogP contribution in [0.15, 0.2) is 0 Å². The van der Waals surface area contributed by atoms with Gasteiger partial charge < -0.3 is 9.47 Å². The van der Waals surface area contributed by atoms with Crippen LogP contribution in [0, 0.1) is 5.92 Å². The summed E-state index contributed by atoms with van der Waals surface area (Å²) in [6.07, 6.45) is 6.67. The van der Waals surface area contributed by atoms with Crippen molar-refractivity contribution in [1.82, 2.24) is 5.32 Å². The number of esters is 1. The Morgan fingerprint density at radius 1 is 1.37 bits per heavy atom. The maximum Gasteiger partial charge on any atom is 0.326 e. The van der Waals surface area contributed by atoms with Gasteiger partial charge in [-0.3, -0.25) is 10.1 Å². The summed E-state index contributed by atoms with van der Waals surface area (Å²) in [5.41, 5.74) is -0.448. The molecule has 2 atom stereocenters. The first-order valence-corrected chi connectivity index (χ1v) is 7.56. The van der Waals surface area contributed by atoms with E-state index in [4.69, 9.17) is 9.47 Å². The molecule has 2 aliphatic rings. The summed E-state index contributed by atoms with van der Waals surface area (Å²) >= 11 is 0. The van der Waals surface area contributed by atoms with Crippen LogP contribution in [0.2, 0.25) is 0 Å². The number of nitrogens with one attached hydrogen (secondary N) is 1. The molecular weight excluding hydrogens is 242 g/mol. The molecule has 2 fully saturated rings. The van der Waals surface area contributed by atoms with Gasteiger partial charge in [-0.05, 0) is 51.9 Å². The van der Waals surface area contributed by atoms with Gasteiger partial charge in [-0.15, -0.1) is 0 Å². The van der Waals surface area contributed by atoms with Gasteiger partial charge in [0.2, 0.25) is 0 Å². The molecule has 0 aromatic heterocycles. The van der Waals surface area contributed by atoms with Crippen molar-refractivity contribution in [2.45, 2.75) is 70.1 Å². The Morgan fingerprint density at radius 2 is 2.11 bits per heavy atom. The van der Waals surface area contributed by atoms with Crippen molar-refractivity contribution in [2.24, 2.45) is 5.92 Å². The van der Waals surface area contributed by atoms with E-state index in [0.29, 0.717) is 12.0 Å². The van der Waals surface area contributed by atoms with E-state index in [1.165, 1.54) is 20.0 Å². The largest absolute Gasteiger partial charge is 0.468 e. The van der Waals surface area contributed by atoms with Gasteiger partial charge >= 0.3 is 5.97 Å². The lowest BCUT2D eigenvalue weighted by Crippen LogP contribution is -2.56. The monoisotopic (exact) mass is 269 g/mol. The fourth-order valence-electron chi connectivity index (χ4n) is 3.21. The van der Waals surface area contributed by atoms with E-state index >= 15 is 0 Å². The minimum Gasteiger partial charge on any atom is -0.468 e. The van der Waals surface area contributed by atoms with Crippen LogP contribution in [0.25, 0.3) is 0 Å². The van der Waals surface area contributed by atoms with Crippen molar-refractivity contribution in [3.63, 3.8) is 0 Å². The van der Waals surface area contributed by atoms with Gasteiger partial charge in [-0.1, -0.05) is 6.42 Å². The third-order valence-electron chi connectivity index (χ3n) is 4.33. The van der Waals surface area contributed by atoms with Crippen molar-refractivity contribution < 1.29 is 14.3 Å². The number of carbonyl (C=O) groups is 1. The summed E-state index contributed by atoms with van der Waals surface area (Å²) in [5.74, 6) is 0.269. The Labute approximate surface area is 116 Å². The number of hydrogen-bond acceptors (Lipinski definition) is 4. The summed E-state index contributed by atoms with van der Waals surface area (Å²) in [6, 6.07) is 0.519. The second-order valence-corrected chi connectivity index (χ2v) is 6.18. The fraction of sp³-hybridized carbons (Fsp3) is 0.933. The first-order chi connectivity index (χ1) is 9.08. The van der Waals surface area contributed by atoms with Crippen LogP contribution in [0.4, 0.5) is 0 Å². The second-order valence-electron chi connectivity index (χ2n) is 6.18. The lowest BCUT2D eigenvalue weighted by Gasteiger charge is -2.34. The van der Waals surface area contributed by atoms with Gasteiger partial charge in [0, 0.05) is 12.6 Å². The molecule has 4 nitrogen and oxygen atoms in total. The van der Waals surface area contributed by atoms with Crippen LogP contribution < -0.4 is 5.32 Å². The SMILES string of the molecule is COC(=O)C1(NC2CC2)CCCC1CCOC(C)C. The van der Waals surface area contributed by atoms with E-state index < -0.39 is 5.54 Å². The summed E-state index contributed by atoms with van der Waals surface area (Å²) in [6.45, 7) is 4.82. The molecule has 2 rings (SSSR count). The number of ether oxygens (including phenoxy) is 2.